The molecule has 0 aliphatic heterocycles. The minimum Gasteiger partial charge on any atom is -0.0985 e. The molecule has 0 fully saturated rings. The van der Waals surface area contributed by atoms with Gasteiger partial charge in [0.25, 0.3) is 0 Å². The van der Waals surface area contributed by atoms with Gasteiger partial charge in [0.05, 0.1) is 0 Å². The van der Waals surface area contributed by atoms with E-state index < -0.39 is 0 Å². The number of rotatable bonds is 6. The van der Waals surface area contributed by atoms with Crippen molar-refractivity contribution < 1.29 is 0 Å². The molecule has 0 heterocycles. The number of hydrogen-bond donors (Lipinski definition) is 0. The van der Waals surface area contributed by atoms with Crippen LogP contribution in [0, 0.1) is 0 Å². The first kappa shape index (κ1) is 20.0. The fourth-order valence-corrected chi connectivity index (χ4v) is 4.33. The lowest BCUT2D eigenvalue weighted by Crippen LogP contribution is -1.90. The second kappa shape index (κ2) is 8.69. The lowest BCUT2D eigenvalue weighted by Gasteiger charge is -2.09. The van der Waals surface area contributed by atoms with Crippen LogP contribution in [0.5, 0.6) is 0 Å². The fraction of sp³-hybridized carbons (Fsp3) is 0.0625. The van der Waals surface area contributed by atoms with E-state index in [1.807, 2.05) is 12.2 Å². The van der Waals surface area contributed by atoms with Crippen molar-refractivity contribution in [1.82, 2.24) is 0 Å². The predicted octanol–water partition coefficient (Wildman–Crippen LogP) is 8.46. The monoisotopic (exact) mass is 410 g/mol. The van der Waals surface area contributed by atoms with Gasteiger partial charge in [0, 0.05) is 0 Å². The molecule has 0 aliphatic carbocycles. The van der Waals surface area contributed by atoms with Crippen molar-refractivity contribution in [1.29, 1.82) is 0 Å². The van der Waals surface area contributed by atoms with Gasteiger partial charge in [-0.05, 0) is 79.9 Å². The molecule has 0 nitrogen and oxygen atoms in total. The molecule has 0 atom stereocenters. The van der Waals surface area contributed by atoms with Crippen LogP contribution in [0.15, 0.2) is 110 Å². The zero-order chi connectivity index (χ0) is 21.9. The highest BCUT2D eigenvalue weighted by Crippen LogP contribution is 2.26. The van der Waals surface area contributed by atoms with E-state index in [4.69, 9.17) is 0 Å². The van der Waals surface area contributed by atoms with E-state index in [2.05, 4.69) is 110 Å². The maximum absolute atomic E-state index is 3.83. The lowest BCUT2D eigenvalue weighted by atomic mass is 9.96. The van der Waals surface area contributed by atoms with E-state index in [0.29, 0.717) is 0 Å². The normalized spacial score (nSPS) is 11.0. The highest BCUT2D eigenvalue weighted by Gasteiger charge is 2.04. The van der Waals surface area contributed by atoms with Crippen LogP contribution in [0.2, 0.25) is 0 Å². The van der Waals surface area contributed by atoms with Crippen molar-refractivity contribution in [3.63, 3.8) is 0 Å². The van der Waals surface area contributed by atoms with E-state index in [1.54, 1.807) is 0 Å². The maximum Gasteiger partial charge on any atom is -0.00255 e. The van der Waals surface area contributed by atoms with Gasteiger partial charge in [0.1, 0.15) is 0 Å². The highest BCUT2D eigenvalue weighted by atomic mass is 14.1. The van der Waals surface area contributed by atoms with Crippen LogP contribution >= 0.6 is 0 Å². The summed E-state index contributed by atoms with van der Waals surface area (Å²) in [6, 6.07) is 35.6. The zero-order valence-corrected chi connectivity index (χ0v) is 18.2. The Bertz CT molecular complexity index is 1300. The molecule has 0 saturated heterocycles. The van der Waals surface area contributed by atoms with Gasteiger partial charge in [0.15, 0.2) is 0 Å². The van der Waals surface area contributed by atoms with Crippen LogP contribution in [0.1, 0.15) is 33.4 Å². The van der Waals surface area contributed by atoms with Gasteiger partial charge in [-0.1, -0.05) is 110 Å². The van der Waals surface area contributed by atoms with Crippen molar-refractivity contribution in [2.75, 3.05) is 0 Å². The van der Waals surface area contributed by atoms with Crippen LogP contribution in [0.3, 0.4) is 0 Å². The number of hydrogen-bond acceptors (Lipinski definition) is 0. The summed E-state index contributed by atoms with van der Waals surface area (Å²) in [5.41, 5.74) is 7.63. The summed E-state index contributed by atoms with van der Waals surface area (Å²) >= 11 is 0. The first-order valence-electron chi connectivity index (χ1n) is 11.1. The molecule has 0 aromatic heterocycles. The SMILES string of the molecule is C=Cc1ccc(Cc2ccc3cc4cc(Cc5ccc(C=C)cc5)ccc4cc3c2)cc1. The van der Waals surface area contributed by atoms with Crippen molar-refractivity contribution in [3.05, 3.63) is 144 Å². The molecule has 0 saturated carbocycles. The van der Waals surface area contributed by atoms with E-state index in [1.165, 1.54) is 43.8 Å². The Kier molecular flexibility index (Phi) is 5.44. The molecular weight excluding hydrogens is 384 g/mol. The Morgan fingerprint density at radius 1 is 0.406 bits per heavy atom. The Morgan fingerprint density at radius 2 is 0.781 bits per heavy atom. The molecule has 0 amide bonds. The molecule has 0 unspecified atom stereocenters. The Hall–Kier alpha value is -3.90. The molecule has 0 spiro atoms. The average molecular weight is 411 g/mol. The predicted molar refractivity (Wildman–Crippen MR) is 140 cm³/mol. The van der Waals surface area contributed by atoms with Gasteiger partial charge in [-0.15, -0.1) is 0 Å². The minimum atomic E-state index is 0.939. The van der Waals surface area contributed by atoms with Crippen molar-refractivity contribution in [2.45, 2.75) is 12.8 Å². The Balaban J connectivity index is 1.41. The van der Waals surface area contributed by atoms with Crippen LogP contribution in [0.4, 0.5) is 0 Å². The summed E-state index contributed by atoms with van der Waals surface area (Å²) in [5, 5.41) is 5.17. The molecule has 32 heavy (non-hydrogen) atoms. The summed E-state index contributed by atoms with van der Waals surface area (Å²) < 4.78 is 0. The molecule has 0 N–H and O–H groups in total. The fourth-order valence-electron chi connectivity index (χ4n) is 4.33. The maximum atomic E-state index is 3.83. The molecule has 0 aliphatic rings. The Labute approximate surface area is 190 Å². The van der Waals surface area contributed by atoms with Gasteiger partial charge < -0.3 is 0 Å². The lowest BCUT2D eigenvalue weighted by molar-refractivity contribution is 1.20. The second-order valence-electron chi connectivity index (χ2n) is 8.46. The van der Waals surface area contributed by atoms with Crippen LogP contribution in [-0.2, 0) is 12.8 Å². The third-order valence-corrected chi connectivity index (χ3v) is 6.17. The van der Waals surface area contributed by atoms with Crippen LogP contribution in [0.25, 0.3) is 33.7 Å². The quantitative estimate of drug-likeness (QED) is 0.246. The van der Waals surface area contributed by atoms with Gasteiger partial charge in [-0.2, -0.15) is 0 Å². The van der Waals surface area contributed by atoms with E-state index in [0.717, 1.165) is 24.0 Å². The molecule has 5 rings (SSSR count). The highest BCUT2D eigenvalue weighted by molar-refractivity contribution is 5.98. The second-order valence-corrected chi connectivity index (χ2v) is 8.46. The van der Waals surface area contributed by atoms with Crippen molar-refractivity contribution in [3.8, 4) is 0 Å². The van der Waals surface area contributed by atoms with E-state index in [9.17, 15) is 0 Å². The van der Waals surface area contributed by atoms with Gasteiger partial charge in [-0.25, -0.2) is 0 Å². The minimum absolute atomic E-state index is 0.939. The molecule has 0 radical (unpaired) electrons. The molecule has 5 aromatic rings. The zero-order valence-electron chi connectivity index (χ0n) is 18.2. The summed E-state index contributed by atoms with van der Waals surface area (Å²) in [7, 11) is 0. The van der Waals surface area contributed by atoms with Crippen molar-refractivity contribution >= 4 is 33.7 Å². The first-order chi connectivity index (χ1) is 15.7. The van der Waals surface area contributed by atoms with Crippen LogP contribution in [-0.4, -0.2) is 0 Å². The first-order valence-corrected chi connectivity index (χ1v) is 11.1. The average Bonchev–Trinajstić information content (AvgIpc) is 2.84. The van der Waals surface area contributed by atoms with Crippen molar-refractivity contribution in [2.24, 2.45) is 0 Å². The molecule has 0 heteroatoms. The number of fused-ring (bicyclic) bond motifs is 2. The van der Waals surface area contributed by atoms with Crippen LogP contribution < -0.4 is 0 Å². The number of benzene rings is 5. The summed E-state index contributed by atoms with van der Waals surface area (Å²) in [4.78, 5) is 0. The smallest absolute Gasteiger partial charge is 0.00255 e. The molecule has 5 aromatic carbocycles. The topological polar surface area (TPSA) is 0 Å². The molecule has 154 valence electrons. The third kappa shape index (κ3) is 4.26. The van der Waals surface area contributed by atoms with Gasteiger partial charge in [-0.3, -0.25) is 0 Å². The van der Waals surface area contributed by atoms with Gasteiger partial charge >= 0.3 is 0 Å². The Morgan fingerprint density at radius 3 is 1.16 bits per heavy atom. The summed E-state index contributed by atoms with van der Waals surface area (Å²) in [6.45, 7) is 7.67. The van der Waals surface area contributed by atoms with E-state index >= 15 is 0 Å². The van der Waals surface area contributed by atoms with E-state index in [-0.39, 0.29) is 0 Å². The standard InChI is InChI=1S/C32H26/c1-3-23-5-9-25(10-6-23)17-27-13-15-29-22-32-20-28(14-16-30(32)21-31(29)19-27)18-26-11-7-24(4-2)8-12-26/h3-16,19-22H,1-2,17-18H2. The molecular formula is C32H26. The summed E-state index contributed by atoms with van der Waals surface area (Å²) in [6.07, 6.45) is 5.65. The largest absolute Gasteiger partial charge is 0.0985 e. The third-order valence-electron chi connectivity index (χ3n) is 6.17. The van der Waals surface area contributed by atoms with Gasteiger partial charge in [0.2, 0.25) is 0 Å². The molecule has 0 bridgehead atoms. The summed E-state index contributed by atoms with van der Waals surface area (Å²) in [5.74, 6) is 0.